The summed E-state index contributed by atoms with van der Waals surface area (Å²) in [7, 11) is 0. The molecule has 1 atom stereocenters. The van der Waals surface area contributed by atoms with Crippen LogP contribution < -0.4 is 10.3 Å². The molecule has 4 rings (SSSR count). The predicted molar refractivity (Wildman–Crippen MR) is 144 cm³/mol. The van der Waals surface area contributed by atoms with Crippen LogP contribution in [0, 0.1) is 0 Å². The summed E-state index contributed by atoms with van der Waals surface area (Å²) in [6.45, 7) is 6.82. The van der Waals surface area contributed by atoms with Crippen molar-refractivity contribution in [2.75, 3.05) is 13.2 Å². The number of carbonyl (C=O) groups is 1. The van der Waals surface area contributed by atoms with Crippen LogP contribution in [0.3, 0.4) is 0 Å². The highest BCUT2D eigenvalue weighted by Gasteiger charge is 2.29. The number of amides is 1. The van der Waals surface area contributed by atoms with Crippen LogP contribution in [-0.4, -0.2) is 33.5 Å². The minimum Gasteiger partial charge on any atom is -0.492 e. The number of ether oxygens (including phenoxy) is 1. The van der Waals surface area contributed by atoms with Crippen molar-refractivity contribution in [2.45, 2.75) is 39.7 Å². The third kappa shape index (κ3) is 5.00. The number of hydrogen-bond donors (Lipinski definition) is 0. The van der Waals surface area contributed by atoms with Crippen LogP contribution in [0.5, 0.6) is 5.75 Å². The van der Waals surface area contributed by atoms with Gasteiger partial charge < -0.3 is 9.64 Å². The molecule has 1 amide bonds. The Bertz CT molecular complexity index is 1430. The molecule has 3 aromatic carbocycles. The first kappa shape index (κ1) is 25.5. The molecule has 36 heavy (non-hydrogen) atoms. The fraction of sp³-hybridized carbons (Fsp3) is 0.276. The molecule has 1 aromatic heterocycles. The normalized spacial score (nSPS) is 11.9. The van der Waals surface area contributed by atoms with E-state index < -0.39 is 6.04 Å². The van der Waals surface area contributed by atoms with Crippen molar-refractivity contribution in [1.29, 1.82) is 0 Å². The third-order valence-electron chi connectivity index (χ3n) is 6.17. The lowest BCUT2D eigenvalue weighted by molar-refractivity contribution is 0.0678. The van der Waals surface area contributed by atoms with E-state index in [2.05, 4.69) is 6.92 Å². The van der Waals surface area contributed by atoms with Crippen molar-refractivity contribution in [2.24, 2.45) is 0 Å². The smallest absolute Gasteiger partial charge is 0.266 e. The van der Waals surface area contributed by atoms with E-state index >= 15 is 0 Å². The Morgan fingerprint density at radius 1 is 1.03 bits per heavy atom. The summed E-state index contributed by atoms with van der Waals surface area (Å²) in [5.74, 6) is 0.834. The highest BCUT2D eigenvalue weighted by atomic mass is 35.5. The fourth-order valence-corrected chi connectivity index (χ4v) is 4.53. The van der Waals surface area contributed by atoms with Crippen LogP contribution in [0.25, 0.3) is 16.6 Å². The number of fused-ring (bicyclic) bond motifs is 1. The molecule has 0 N–H and O–H groups in total. The van der Waals surface area contributed by atoms with Gasteiger partial charge in [0.25, 0.3) is 11.5 Å². The van der Waals surface area contributed by atoms with E-state index in [0.29, 0.717) is 51.9 Å². The quantitative estimate of drug-likeness (QED) is 0.263. The van der Waals surface area contributed by atoms with Crippen molar-refractivity contribution < 1.29 is 9.53 Å². The van der Waals surface area contributed by atoms with E-state index in [9.17, 15) is 9.59 Å². The van der Waals surface area contributed by atoms with Gasteiger partial charge in [0, 0.05) is 6.54 Å². The molecule has 0 saturated carbocycles. The van der Waals surface area contributed by atoms with Gasteiger partial charge in [-0.15, -0.1) is 0 Å². The zero-order valence-corrected chi connectivity index (χ0v) is 21.5. The number of para-hydroxylation sites is 3. The molecule has 0 radical (unpaired) electrons. The summed E-state index contributed by atoms with van der Waals surface area (Å²) in [5, 5.41) is 0.888. The van der Waals surface area contributed by atoms with E-state index in [1.54, 1.807) is 39.8 Å². The zero-order valence-electron chi connectivity index (χ0n) is 20.8. The lowest BCUT2D eigenvalue weighted by atomic mass is 10.1. The Morgan fingerprint density at radius 3 is 2.47 bits per heavy atom. The Balaban J connectivity index is 1.94. The number of rotatable bonds is 9. The molecule has 7 heteroatoms. The molecule has 186 valence electrons. The maximum atomic E-state index is 13.9. The van der Waals surface area contributed by atoms with Crippen LogP contribution in [0.4, 0.5) is 0 Å². The first-order valence-electron chi connectivity index (χ1n) is 12.3. The monoisotopic (exact) mass is 503 g/mol. The van der Waals surface area contributed by atoms with Gasteiger partial charge in [-0.3, -0.25) is 14.2 Å². The summed E-state index contributed by atoms with van der Waals surface area (Å²) in [6, 6.07) is 21.2. The van der Waals surface area contributed by atoms with Crippen LogP contribution in [0.15, 0.2) is 77.6 Å². The van der Waals surface area contributed by atoms with Gasteiger partial charge in [0.1, 0.15) is 11.6 Å². The molecule has 0 aliphatic rings. The van der Waals surface area contributed by atoms with E-state index in [0.717, 1.165) is 12.8 Å². The molecule has 0 bridgehead atoms. The van der Waals surface area contributed by atoms with Crippen LogP contribution in [-0.2, 0) is 0 Å². The number of aromatic nitrogens is 2. The topological polar surface area (TPSA) is 64.4 Å². The molecule has 0 saturated heterocycles. The molecular weight excluding hydrogens is 474 g/mol. The van der Waals surface area contributed by atoms with Gasteiger partial charge in [0.15, 0.2) is 0 Å². The lowest BCUT2D eigenvalue weighted by Gasteiger charge is -2.31. The van der Waals surface area contributed by atoms with Crippen molar-refractivity contribution in [3.8, 4) is 11.4 Å². The third-order valence-corrected chi connectivity index (χ3v) is 6.50. The summed E-state index contributed by atoms with van der Waals surface area (Å²) in [5.41, 5.74) is 1.38. The highest BCUT2D eigenvalue weighted by Crippen LogP contribution is 2.29. The van der Waals surface area contributed by atoms with Crippen LogP contribution in [0.2, 0.25) is 5.02 Å². The van der Waals surface area contributed by atoms with Gasteiger partial charge in [0.2, 0.25) is 0 Å². The van der Waals surface area contributed by atoms with Gasteiger partial charge >= 0.3 is 0 Å². The first-order valence-corrected chi connectivity index (χ1v) is 12.6. The van der Waals surface area contributed by atoms with E-state index in [4.69, 9.17) is 21.3 Å². The molecular formula is C29H30ClN3O3. The second-order valence-corrected chi connectivity index (χ2v) is 8.94. The fourth-order valence-electron chi connectivity index (χ4n) is 4.31. The number of hydrogen-bond acceptors (Lipinski definition) is 4. The zero-order chi connectivity index (χ0) is 25.7. The van der Waals surface area contributed by atoms with Crippen LogP contribution in [0.1, 0.15) is 55.8 Å². The minimum absolute atomic E-state index is 0.200. The second kappa shape index (κ2) is 11.4. The molecule has 1 heterocycles. The van der Waals surface area contributed by atoms with E-state index in [1.807, 2.05) is 56.3 Å². The number of nitrogens with zero attached hydrogens (tertiary/aromatic N) is 3. The summed E-state index contributed by atoms with van der Waals surface area (Å²) in [6.07, 6.45) is 1.71. The van der Waals surface area contributed by atoms with Crippen LogP contribution >= 0.6 is 11.6 Å². The minimum atomic E-state index is -0.521. The largest absolute Gasteiger partial charge is 0.492 e. The van der Waals surface area contributed by atoms with Gasteiger partial charge in [-0.1, -0.05) is 61.3 Å². The number of unbranched alkanes of at least 4 members (excludes halogenated alkanes) is 1. The lowest BCUT2D eigenvalue weighted by Crippen LogP contribution is -2.38. The Hall–Kier alpha value is -3.64. The molecule has 0 fully saturated rings. The molecule has 4 aromatic rings. The predicted octanol–water partition coefficient (Wildman–Crippen LogP) is 6.44. The Labute approximate surface area is 216 Å². The maximum Gasteiger partial charge on any atom is 0.266 e. The molecule has 1 unspecified atom stereocenters. The average Bonchev–Trinajstić information content (AvgIpc) is 2.89. The van der Waals surface area contributed by atoms with Crippen molar-refractivity contribution in [1.82, 2.24) is 14.5 Å². The highest BCUT2D eigenvalue weighted by molar-refractivity contribution is 6.33. The van der Waals surface area contributed by atoms with Gasteiger partial charge in [0.05, 0.1) is 39.8 Å². The molecule has 0 aliphatic carbocycles. The van der Waals surface area contributed by atoms with Crippen molar-refractivity contribution >= 4 is 28.4 Å². The first-order chi connectivity index (χ1) is 17.5. The Morgan fingerprint density at radius 2 is 1.72 bits per heavy atom. The summed E-state index contributed by atoms with van der Waals surface area (Å²) >= 11 is 6.40. The maximum absolute atomic E-state index is 13.9. The van der Waals surface area contributed by atoms with Crippen molar-refractivity contribution in [3.63, 3.8) is 0 Å². The van der Waals surface area contributed by atoms with E-state index in [-0.39, 0.29) is 11.5 Å². The van der Waals surface area contributed by atoms with Gasteiger partial charge in [-0.25, -0.2) is 4.98 Å². The SMILES string of the molecule is CCCCN(C(=O)c1ccccc1Cl)C(C)c1nc2ccccc2c(=O)n1-c1ccccc1OCC. The standard InChI is InChI=1S/C29H30ClN3O3/c1-4-6-19-32(28(34)21-13-7-9-15-23(21)30)20(3)27-31-24-16-10-8-14-22(24)29(35)33(27)25-17-11-12-18-26(25)36-5-2/h7-18,20H,4-6,19H2,1-3H3. The molecule has 0 spiro atoms. The van der Waals surface area contributed by atoms with Crippen molar-refractivity contribution in [3.05, 3.63) is 99.6 Å². The van der Waals surface area contributed by atoms with Gasteiger partial charge in [-0.2, -0.15) is 0 Å². The number of benzene rings is 3. The second-order valence-electron chi connectivity index (χ2n) is 8.54. The number of carbonyl (C=O) groups excluding carboxylic acids is 1. The van der Waals surface area contributed by atoms with Gasteiger partial charge in [-0.05, 0) is 56.7 Å². The Kier molecular flexibility index (Phi) is 8.06. The summed E-state index contributed by atoms with van der Waals surface area (Å²) < 4.78 is 7.45. The summed E-state index contributed by atoms with van der Waals surface area (Å²) in [4.78, 5) is 34.3. The van der Waals surface area contributed by atoms with E-state index in [1.165, 1.54) is 0 Å². The average molecular weight is 504 g/mol. The number of halogens is 1. The molecule has 0 aliphatic heterocycles. The molecule has 6 nitrogen and oxygen atoms in total.